The van der Waals surface area contributed by atoms with Crippen molar-refractivity contribution in [3.05, 3.63) is 80.7 Å². The van der Waals surface area contributed by atoms with Gasteiger partial charge in [0, 0.05) is 42.0 Å². The number of rotatable bonds is 16. The number of nitro groups is 1. The lowest BCUT2D eigenvalue weighted by Gasteiger charge is -2.25. The Balaban J connectivity index is 1.69. The Bertz CT molecular complexity index is 1610. The van der Waals surface area contributed by atoms with Gasteiger partial charge >= 0.3 is 11.9 Å². The molecule has 3 rings (SSSR count). The topological polar surface area (TPSA) is 220 Å². The normalized spacial score (nSPS) is 15.4. The van der Waals surface area contributed by atoms with E-state index in [0.717, 1.165) is 18.0 Å². The maximum absolute atomic E-state index is 13.5. The van der Waals surface area contributed by atoms with E-state index in [1.807, 2.05) is 20.8 Å². The van der Waals surface area contributed by atoms with Crippen molar-refractivity contribution < 1.29 is 39.1 Å². The first-order valence-electron chi connectivity index (χ1n) is 15.1. The van der Waals surface area contributed by atoms with Gasteiger partial charge in [-0.1, -0.05) is 38.4 Å². The largest absolute Gasteiger partial charge is 0.480 e. The summed E-state index contributed by atoms with van der Waals surface area (Å²) in [4.78, 5) is 74.0. The summed E-state index contributed by atoms with van der Waals surface area (Å²) in [7, 11) is 0. The van der Waals surface area contributed by atoms with Crippen molar-refractivity contribution in [2.45, 2.75) is 65.2 Å². The molecule has 0 bridgehead atoms. The van der Waals surface area contributed by atoms with Gasteiger partial charge in [0.2, 0.25) is 17.7 Å². The summed E-state index contributed by atoms with van der Waals surface area (Å²) < 4.78 is 0. The Kier molecular flexibility index (Phi) is 13.4. The summed E-state index contributed by atoms with van der Waals surface area (Å²) in [6, 6.07) is 7.66. The van der Waals surface area contributed by atoms with E-state index in [4.69, 9.17) is 11.6 Å². The number of aliphatic carboxylic acids is 2. The molecule has 0 aromatic heterocycles. The summed E-state index contributed by atoms with van der Waals surface area (Å²) in [5.74, 6) is -3.91. The highest BCUT2D eigenvalue weighted by molar-refractivity contribution is 7.99. The number of carboxylic acid groups (broad SMARTS) is 2. The van der Waals surface area contributed by atoms with Gasteiger partial charge in [-0.2, -0.15) is 11.8 Å². The average Bonchev–Trinajstić information content (AvgIpc) is 3.37. The number of benzene rings is 2. The minimum Gasteiger partial charge on any atom is -0.480 e. The number of amides is 3. The number of carboxylic acids is 2. The first-order chi connectivity index (χ1) is 22.9. The van der Waals surface area contributed by atoms with Crippen LogP contribution in [0.5, 0.6) is 0 Å². The second-order valence-electron chi connectivity index (χ2n) is 12.5. The van der Waals surface area contributed by atoms with Crippen LogP contribution in [-0.2, 0) is 30.5 Å². The van der Waals surface area contributed by atoms with Gasteiger partial charge in [-0.3, -0.25) is 24.5 Å². The molecule has 0 fully saturated rings. The first-order valence-corrected chi connectivity index (χ1v) is 16.6. The molecule has 15 nitrogen and oxygen atoms in total. The fourth-order valence-corrected chi connectivity index (χ4v) is 6.12. The van der Waals surface area contributed by atoms with Crippen LogP contribution in [-0.4, -0.2) is 73.3 Å². The average molecular weight is 719 g/mol. The monoisotopic (exact) mass is 718 g/mol. The Morgan fingerprint density at radius 2 is 1.63 bits per heavy atom. The van der Waals surface area contributed by atoms with E-state index in [0.29, 0.717) is 27.5 Å². The Labute approximate surface area is 292 Å². The fraction of sp³-hybridized carbons (Fsp3) is 0.406. The van der Waals surface area contributed by atoms with Crippen LogP contribution in [0.4, 0.5) is 11.4 Å². The van der Waals surface area contributed by atoms with E-state index < -0.39 is 52.7 Å². The molecule has 0 saturated heterocycles. The molecule has 17 heteroatoms. The van der Waals surface area contributed by atoms with Crippen LogP contribution >= 0.6 is 23.4 Å². The number of carbonyl (C=O) groups excluding carboxylic acids is 3. The number of fused-ring (bicyclic) bond motifs is 1. The van der Waals surface area contributed by atoms with Crippen LogP contribution in [0, 0.1) is 15.5 Å². The van der Waals surface area contributed by atoms with Gasteiger partial charge in [-0.15, -0.1) is 0 Å². The lowest BCUT2D eigenvalue weighted by molar-refractivity contribution is -0.403. The van der Waals surface area contributed by atoms with Gasteiger partial charge in [0.1, 0.15) is 18.1 Å². The number of hydrogen-bond donors (Lipinski definition) is 6. The quantitative estimate of drug-likeness (QED) is 0.0823. The zero-order chi connectivity index (χ0) is 36.5. The van der Waals surface area contributed by atoms with Gasteiger partial charge in [-0.25, -0.2) is 9.59 Å². The SMILES string of the molecule is CC(=O)N1Cc2cc(N/C(=C\[N+](=O)[O-])Nc3ccc(Cl)cc3)ccc2C1C(=O)NC(CCSCC(NC(=O)CC(C)(C)C)C(=O)O)C(=O)O. The van der Waals surface area contributed by atoms with E-state index in [1.165, 1.54) is 11.8 Å². The summed E-state index contributed by atoms with van der Waals surface area (Å²) in [5.41, 5.74) is 1.65. The van der Waals surface area contributed by atoms with E-state index in [-0.39, 0.29) is 42.1 Å². The van der Waals surface area contributed by atoms with E-state index in [2.05, 4.69) is 21.3 Å². The van der Waals surface area contributed by atoms with Crippen LogP contribution < -0.4 is 21.3 Å². The molecule has 264 valence electrons. The molecule has 0 saturated carbocycles. The maximum Gasteiger partial charge on any atom is 0.327 e. The first kappa shape index (κ1) is 38.6. The lowest BCUT2D eigenvalue weighted by atomic mass is 9.92. The molecule has 3 amide bonds. The molecule has 0 spiro atoms. The highest BCUT2D eigenvalue weighted by Gasteiger charge is 2.39. The summed E-state index contributed by atoms with van der Waals surface area (Å²) in [6.45, 7) is 6.86. The Hall–Kier alpha value is -4.83. The van der Waals surface area contributed by atoms with Crippen molar-refractivity contribution in [1.82, 2.24) is 15.5 Å². The van der Waals surface area contributed by atoms with Crippen LogP contribution in [0.1, 0.15) is 57.7 Å². The standard InChI is InChI=1S/C32H39ClN6O9S/c1-18(40)38-15-19-13-22(35-26(16-39(47)48)34-21-7-5-20(33)6-8-21)9-10-23(19)28(38)29(42)37-24(30(43)44)11-12-49-17-25(31(45)46)36-27(41)14-32(2,3)4/h5-10,13,16,24-25,28,34-35H,11-12,14-15,17H2,1-4H3,(H,36,41)(H,37,42)(H,43,44)(H,45,46)/b26-16-. The molecule has 0 aliphatic carbocycles. The number of halogens is 1. The van der Waals surface area contributed by atoms with Crippen LogP contribution in [0.15, 0.2) is 54.5 Å². The predicted molar refractivity (Wildman–Crippen MR) is 184 cm³/mol. The third-order valence-corrected chi connectivity index (χ3v) is 8.50. The lowest BCUT2D eigenvalue weighted by Crippen LogP contribution is -2.47. The zero-order valence-electron chi connectivity index (χ0n) is 27.3. The molecule has 3 atom stereocenters. The number of carbonyl (C=O) groups is 5. The third kappa shape index (κ3) is 12.0. The van der Waals surface area contributed by atoms with E-state index >= 15 is 0 Å². The summed E-state index contributed by atoms with van der Waals surface area (Å²) in [6.07, 6.45) is 0.827. The van der Waals surface area contributed by atoms with Gasteiger partial charge < -0.3 is 36.4 Å². The molecule has 1 aliphatic rings. The maximum atomic E-state index is 13.5. The molecule has 2 aromatic carbocycles. The van der Waals surface area contributed by atoms with Gasteiger partial charge in [0.25, 0.3) is 6.20 Å². The highest BCUT2D eigenvalue weighted by atomic mass is 35.5. The van der Waals surface area contributed by atoms with Crippen LogP contribution in [0.25, 0.3) is 0 Å². The van der Waals surface area contributed by atoms with E-state index in [9.17, 15) is 44.3 Å². The van der Waals surface area contributed by atoms with Crippen molar-refractivity contribution in [1.29, 1.82) is 0 Å². The van der Waals surface area contributed by atoms with Gasteiger partial charge in [-0.05, 0) is 65.1 Å². The molecule has 1 heterocycles. The van der Waals surface area contributed by atoms with Gasteiger partial charge in [0.05, 0.1) is 4.92 Å². The Morgan fingerprint density at radius 1 is 1.02 bits per heavy atom. The van der Waals surface area contributed by atoms with Gasteiger partial charge in [0.15, 0.2) is 5.82 Å². The summed E-state index contributed by atoms with van der Waals surface area (Å²) >= 11 is 7.04. The predicted octanol–water partition coefficient (Wildman–Crippen LogP) is 4.04. The van der Waals surface area contributed by atoms with Crippen molar-refractivity contribution >= 4 is 64.4 Å². The molecule has 3 unspecified atom stereocenters. The van der Waals surface area contributed by atoms with Crippen molar-refractivity contribution in [3.8, 4) is 0 Å². The van der Waals surface area contributed by atoms with Crippen LogP contribution in [0.3, 0.4) is 0 Å². The Morgan fingerprint density at radius 3 is 2.20 bits per heavy atom. The van der Waals surface area contributed by atoms with E-state index in [1.54, 1.807) is 42.5 Å². The number of nitrogens with zero attached hydrogens (tertiary/aromatic N) is 2. The van der Waals surface area contributed by atoms with Crippen molar-refractivity contribution in [3.63, 3.8) is 0 Å². The number of anilines is 2. The van der Waals surface area contributed by atoms with Crippen molar-refractivity contribution in [2.24, 2.45) is 5.41 Å². The molecule has 6 N–H and O–H groups in total. The molecule has 49 heavy (non-hydrogen) atoms. The minimum atomic E-state index is -1.34. The molecule has 2 aromatic rings. The molecule has 1 aliphatic heterocycles. The minimum absolute atomic E-state index is 0.0101. The van der Waals surface area contributed by atoms with Crippen LogP contribution in [0.2, 0.25) is 5.02 Å². The number of hydrogen-bond acceptors (Lipinski definition) is 10. The second-order valence-corrected chi connectivity index (χ2v) is 14.1. The molecule has 0 radical (unpaired) electrons. The zero-order valence-corrected chi connectivity index (χ0v) is 28.9. The summed E-state index contributed by atoms with van der Waals surface area (Å²) in [5, 5.41) is 41.9. The highest BCUT2D eigenvalue weighted by Crippen LogP contribution is 2.36. The third-order valence-electron chi connectivity index (χ3n) is 7.15. The van der Waals surface area contributed by atoms with Crippen molar-refractivity contribution in [2.75, 3.05) is 22.1 Å². The number of thioether (sulfide) groups is 1. The number of nitrogens with one attached hydrogen (secondary N) is 4. The molecular formula is C32H39ClN6O9S. The smallest absolute Gasteiger partial charge is 0.327 e. The fourth-order valence-electron chi connectivity index (χ4n) is 4.96. The molecular weight excluding hydrogens is 680 g/mol. The second kappa shape index (κ2) is 17.0.